The molecule has 1 fully saturated rings. The number of nitrogens with zero attached hydrogens (tertiary/aromatic N) is 4. The van der Waals surface area contributed by atoms with Crippen molar-refractivity contribution in [2.45, 2.75) is 273 Å². The standard InChI is InChI=1S/C62H74FN5O13.C45H51FN4O9/c1-7-62(76)48-28-51-57-46(30-68(51)59(73)47(48)33-81-60(62)74)54-39(16-19-42-36(5)49(63)29-50(66-57)55(42)54)27-41(69)32-80-37(6)79-31-38-14-17-40(18-15-38)65-58(72)35(4)26-52(70)56(34(2)3)67-61(75)78-25-24-77-23-22-64-53(71)21-20-45-43-12-10-8-9-11-13-44(43)45;1-7-45(56)33-16-36-41-31(18-50(36)43(54)32(33)21-59-44(45)55)38-27(10-13-30-24(5)34(46)17-35(49-41)39(30)38)15-29(51)20-58-25(6)57-19-26-8-11-28(12-9-26)48-42(53)23(4)14-37(52)40(47)22(2)3/h14-15,17-18,28-29,34-35,37,39,43-45,56,76H,7,10-13,16,19-27,30-33H2,1-6H3,(H,64,71)(H,65,72)(H,67,75);8-9,11-12,16-17,22-23,25,27,40,56H,7,10,13-15,18-21,47H2,1-6H3,(H,48,53)/t35-,37?,39-,43-,44+,45?,56+,62+;23-,25?,27-,40+,45+/m11/s1. The van der Waals surface area contributed by atoms with Crippen molar-refractivity contribution in [1.82, 2.24) is 29.7 Å². The number of ketones is 4. The van der Waals surface area contributed by atoms with Crippen LogP contribution in [0.3, 0.4) is 0 Å². The van der Waals surface area contributed by atoms with Gasteiger partial charge in [-0.25, -0.2) is 33.1 Å². The summed E-state index contributed by atoms with van der Waals surface area (Å²) >= 11 is 0. The second kappa shape index (κ2) is 43.6. The molecule has 8 aromatic rings. The van der Waals surface area contributed by atoms with Crippen molar-refractivity contribution in [3.05, 3.63) is 183 Å². The van der Waals surface area contributed by atoms with E-state index in [1.807, 2.05) is 13.8 Å². The molecular weight excluding hydrogens is 1800 g/mol. The number of nitrogens with two attached hydrogens (primary N) is 1. The minimum absolute atomic E-state index is 0.00341. The van der Waals surface area contributed by atoms with Crippen LogP contribution in [0.5, 0.6) is 0 Å². The SMILES string of the molecule is CC[C@@]1(O)C(=O)OCc2c1cc1n(c2=O)Cc2c-1nc1cc(F)c(C)c3c1c2[C@@H](CC(=O)COC(C)OCc1ccc(NC(=O)[C@H](C)CC(=O)[C@@H](N)C(C)C)cc1)CC3.CC[C@@]1(O)C(=O)OCc2c1cc1n(c2=O)Cc2c-1nc1cc(F)c(C)c3c1c2[C@@H](CC(=O)COC(C)OCc1ccc(NC(=O)[C@H](C)CC(=O)[C@@H](NC(=O)OCCOCCNC(=O)CCC2[C@H]4CCC#CCC[C@@H]24)C(C)C)cc1)CC3. The lowest BCUT2D eigenvalue weighted by Gasteiger charge is -2.31. The Morgan fingerprint density at radius 2 is 1.02 bits per heavy atom. The summed E-state index contributed by atoms with van der Waals surface area (Å²) in [5.74, 6) is 2.51. The number of pyridine rings is 4. The molecule has 31 nitrogen and oxygen atoms in total. The van der Waals surface area contributed by atoms with Gasteiger partial charge in [-0.05, 0) is 208 Å². The van der Waals surface area contributed by atoms with E-state index in [1.54, 1.807) is 139 Å². The summed E-state index contributed by atoms with van der Waals surface area (Å²) in [7, 11) is 0. The first-order chi connectivity index (χ1) is 66.9. The topological polar surface area (TPSA) is 429 Å². The fourth-order valence-electron chi connectivity index (χ4n) is 20.8. The Morgan fingerprint density at radius 1 is 0.571 bits per heavy atom. The molecule has 33 heteroatoms. The van der Waals surface area contributed by atoms with Crippen molar-refractivity contribution in [1.29, 1.82) is 0 Å². The largest absolute Gasteiger partial charge is 0.458 e. The van der Waals surface area contributed by atoms with Crippen LogP contribution in [0.1, 0.15) is 249 Å². The summed E-state index contributed by atoms with van der Waals surface area (Å²) in [5, 5.41) is 35.5. The van der Waals surface area contributed by atoms with E-state index in [9.17, 15) is 67.7 Å². The van der Waals surface area contributed by atoms with Crippen LogP contribution < -0.4 is 38.1 Å². The number of aromatic nitrogens is 4. The smallest absolute Gasteiger partial charge is 0.407 e. The second-order valence-corrected chi connectivity index (χ2v) is 39.2. The molecule has 13 atom stereocenters. The molecule has 744 valence electrons. The Balaban J connectivity index is 0.000000222. The maximum atomic E-state index is 15.4. The number of aryl methyl sites for hydroxylation is 2. The van der Waals surface area contributed by atoms with Crippen molar-refractivity contribution in [2.24, 2.45) is 47.2 Å². The number of Topliss-reactive ketones (excluding diaryl/α,β-unsaturated/α-hetero) is 4. The lowest BCUT2D eigenvalue weighted by Crippen LogP contribution is -2.45. The highest BCUT2D eigenvalue weighted by molar-refractivity contribution is 6.00. The van der Waals surface area contributed by atoms with Gasteiger partial charge in [-0.3, -0.25) is 43.2 Å². The maximum Gasteiger partial charge on any atom is 0.407 e. The first-order valence-electron chi connectivity index (χ1n) is 48.9. The number of aliphatic hydroxyl groups is 2. The summed E-state index contributed by atoms with van der Waals surface area (Å²) in [6.07, 6.45) is 5.70. The van der Waals surface area contributed by atoms with E-state index >= 15 is 8.78 Å². The zero-order chi connectivity index (χ0) is 100. The van der Waals surface area contributed by atoms with Crippen LogP contribution in [-0.2, 0) is 145 Å². The number of carbonyl (C=O) groups excluding carboxylic acids is 10. The number of fused-ring (bicyclic) bond motifs is 11. The van der Waals surface area contributed by atoms with Gasteiger partial charge in [0.2, 0.25) is 17.7 Å². The summed E-state index contributed by atoms with van der Waals surface area (Å²) in [5.41, 5.74) is 13.0. The first-order valence-corrected chi connectivity index (χ1v) is 48.9. The predicted molar refractivity (Wildman–Crippen MR) is 514 cm³/mol. The summed E-state index contributed by atoms with van der Waals surface area (Å²) in [4.78, 5) is 167. The van der Waals surface area contributed by atoms with E-state index in [1.165, 1.54) is 12.1 Å². The molecule has 8 heterocycles. The average Bonchev–Trinajstić information content (AvgIpc) is 1.58. The Morgan fingerprint density at radius 3 is 1.46 bits per heavy atom. The van der Waals surface area contributed by atoms with Crippen LogP contribution in [0, 0.1) is 78.7 Å². The van der Waals surface area contributed by atoms with Crippen LogP contribution in [-0.4, -0.2) is 152 Å². The van der Waals surface area contributed by atoms with Crippen LogP contribution in [0.2, 0.25) is 0 Å². The number of esters is 2. The monoisotopic (exact) mass is 1930 g/mol. The zero-order valence-corrected chi connectivity index (χ0v) is 81.4. The molecule has 16 rings (SSSR count). The normalized spacial score (nSPS) is 20.5. The molecule has 8 N–H and O–H groups in total. The van der Waals surface area contributed by atoms with Gasteiger partial charge in [-0.1, -0.05) is 79.7 Å². The molecule has 4 aromatic heterocycles. The minimum atomic E-state index is -2.01. The highest BCUT2D eigenvalue weighted by Gasteiger charge is 2.51. The van der Waals surface area contributed by atoms with Gasteiger partial charge in [0.15, 0.2) is 46.9 Å². The van der Waals surface area contributed by atoms with E-state index in [-0.39, 0.29) is 198 Å². The van der Waals surface area contributed by atoms with Gasteiger partial charge in [0.25, 0.3) is 11.1 Å². The molecule has 0 spiro atoms. The van der Waals surface area contributed by atoms with Crippen LogP contribution in [0.25, 0.3) is 44.6 Å². The van der Waals surface area contributed by atoms with Gasteiger partial charge in [-0.2, -0.15) is 0 Å². The molecule has 4 aromatic carbocycles. The van der Waals surface area contributed by atoms with Gasteiger partial charge in [0.1, 0.15) is 44.7 Å². The number of ether oxygens (including phenoxy) is 8. The fourth-order valence-corrected chi connectivity index (χ4v) is 20.8. The Labute approximate surface area is 810 Å². The molecule has 4 amide bonds. The van der Waals surface area contributed by atoms with E-state index in [0.29, 0.717) is 113 Å². The van der Waals surface area contributed by atoms with Crippen LogP contribution in [0.4, 0.5) is 25.0 Å². The number of halogens is 2. The van der Waals surface area contributed by atoms with Gasteiger partial charge >= 0.3 is 18.0 Å². The second-order valence-electron chi connectivity index (χ2n) is 39.2. The summed E-state index contributed by atoms with van der Waals surface area (Å²) in [6.45, 7) is 21.2. The lowest BCUT2D eigenvalue weighted by molar-refractivity contribution is -0.172. The number of hydrogen-bond acceptors (Lipinski definition) is 25. The number of hydrogen-bond donors (Lipinski definition) is 7. The predicted octanol–water partition coefficient (Wildman–Crippen LogP) is 13.3. The lowest BCUT2D eigenvalue weighted by atomic mass is 9.76. The van der Waals surface area contributed by atoms with Crippen molar-refractivity contribution < 1.29 is 105 Å². The molecule has 0 bridgehead atoms. The number of anilines is 2. The molecule has 0 saturated heterocycles. The number of alkyl carbamates (subject to hydrolysis) is 1. The number of rotatable bonds is 40. The highest BCUT2D eigenvalue weighted by atomic mass is 19.1. The number of nitrogens with one attached hydrogen (secondary N) is 4. The minimum Gasteiger partial charge on any atom is -0.458 e. The highest BCUT2D eigenvalue weighted by Crippen LogP contribution is 2.55. The Kier molecular flexibility index (Phi) is 31.9. The van der Waals surface area contributed by atoms with Gasteiger partial charge in [0.05, 0.1) is 96.5 Å². The van der Waals surface area contributed by atoms with E-state index in [0.717, 1.165) is 87.4 Å². The Hall–Kier alpha value is -12.0. The van der Waals surface area contributed by atoms with Gasteiger partial charge in [-0.15, -0.1) is 11.8 Å². The first kappa shape index (κ1) is 102. The number of carbonyl (C=O) groups is 10. The van der Waals surface area contributed by atoms with Gasteiger partial charge < -0.3 is 84.2 Å². The number of benzene rings is 4. The third kappa shape index (κ3) is 21.9. The van der Waals surface area contributed by atoms with Crippen molar-refractivity contribution in [3.8, 4) is 34.6 Å². The zero-order valence-electron chi connectivity index (χ0n) is 81.4. The van der Waals surface area contributed by atoms with Crippen molar-refractivity contribution in [2.75, 3.05) is 50.2 Å². The summed E-state index contributed by atoms with van der Waals surface area (Å²) < 4.78 is 78.6. The molecule has 4 aliphatic heterocycles. The van der Waals surface area contributed by atoms with E-state index < -0.39 is 88.5 Å². The Bertz CT molecular complexity index is 6380. The fraction of sp³-hybridized carbons (Fsp3) is 0.514. The maximum absolute atomic E-state index is 15.4. The van der Waals surface area contributed by atoms with Gasteiger partial charge in [0, 0.05) is 120 Å². The number of amides is 4. The third-order valence-corrected chi connectivity index (χ3v) is 29.2. The molecule has 4 aliphatic carbocycles. The van der Waals surface area contributed by atoms with Crippen molar-refractivity contribution in [3.63, 3.8) is 0 Å². The molecule has 8 aliphatic rings. The van der Waals surface area contributed by atoms with Crippen LogP contribution in [0.15, 0.2) is 82.4 Å². The molecule has 3 unspecified atom stereocenters. The number of cyclic esters (lactones) is 2. The van der Waals surface area contributed by atoms with Crippen molar-refractivity contribution >= 4 is 92.1 Å². The summed E-state index contributed by atoms with van der Waals surface area (Å²) in [6, 6.07) is 18.6. The molecule has 140 heavy (non-hydrogen) atoms. The average molecular weight is 1930 g/mol. The third-order valence-electron chi connectivity index (χ3n) is 29.2. The quantitative estimate of drug-likeness (QED) is 0.00616. The van der Waals surface area contributed by atoms with E-state index in [2.05, 4.69) is 33.1 Å². The molecule has 1 saturated carbocycles. The van der Waals surface area contributed by atoms with Crippen LogP contribution >= 0.6 is 0 Å². The molecule has 0 radical (unpaired) electrons. The van der Waals surface area contributed by atoms with E-state index in [4.69, 9.17) is 53.6 Å². The molecular formula is C107H125F2N9O22.